The Bertz CT molecular complexity index is 1250. The van der Waals surface area contributed by atoms with Crippen LogP contribution in [-0.2, 0) is 11.3 Å². The van der Waals surface area contributed by atoms with E-state index in [1.54, 1.807) is 17.2 Å². The van der Waals surface area contributed by atoms with Gasteiger partial charge < -0.3 is 15.5 Å². The molecule has 2 saturated heterocycles. The zero-order valence-corrected chi connectivity index (χ0v) is 19.8. The number of carbonyl (C=O) groups is 2. The Morgan fingerprint density at radius 1 is 1.23 bits per heavy atom. The minimum atomic E-state index is -0.578. The van der Waals surface area contributed by atoms with Crippen LogP contribution in [0.3, 0.4) is 0 Å². The van der Waals surface area contributed by atoms with Crippen molar-refractivity contribution in [2.24, 2.45) is 0 Å². The SMILES string of the molecule is Cc1ccc(C(=O)N2C[C@@H](c3cccc(F)c3)[C@@]3(CCCC(=O)N3)C2)cc1NCc1cccnc1. The van der Waals surface area contributed by atoms with E-state index in [4.69, 9.17) is 0 Å². The van der Waals surface area contributed by atoms with Gasteiger partial charge in [-0.1, -0.05) is 24.3 Å². The number of hydrogen-bond donors (Lipinski definition) is 2. The molecule has 0 bridgehead atoms. The van der Waals surface area contributed by atoms with Crippen molar-refractivity contribution >= 4 is 17.5 Å². The van der Waals surface area contributed by atoms with Crippen LogP contribution in [0.25, 0.3) is 0 Å². The molecular formula is C28H29FN4O2. The Kier molecular flexibility index (Phi) is 6.24. The topological polar surface area (TPSA) is 74.3 Å². The van der Waals surface area contributed by atoms with Crippen molar-refractivity contribution in [2.45, 2.75) is 44.2 Å². The van der Waals surface area contributed by atoms with Crippen molar-refractivity contribution in [2.75, 3.05) is 18.4 Å². The molecule has 2 aliphatic rings. The number of hydrogen-bond acceptors (Lipinski definition) is 4. The summed E-state index contributed by atoms with van der Waals surface area (Å²) < 4.78 is 14.1. The van der Waals surface area contributed by atoms with E-state index >= 15 is 0 Å². The molecule has 7 heteroatoms. The van der Waals surface area contributed by atoms with Gasteiger partial charge in [-0.3, -0.25) is 14.6 Å². The number of piperidine rings is 1. The average Bonchev–Trinajstić information content (AvgIpc) is 3.21. The number of halogens is 1. The number of amides is 2. The van der Waals surface area contributed by atoms with Gasteiger partial charge in [0.25, 0.3) is 5.91 Å². The minimum absolute atomic E-state index is 0.0100. The molecule has 0 radical (unpaired) electrons. The van der Waals surface area contributed by atoms with Crippen molar-refractivity contribution in [3.8, 4) is 0 Å². The number of nitrogens with one attached hydrogen (secondary N) is 2. The lowest BCUT2D eigenvalue weighted by Crippen LogP contribution is -2.56. The highest BCUT2D eigenvalue weighted by Crippen LogP contribution is 2.42. The van der Waals surface area contributed by atoms with E-state index in [0.717, 1.165) is 35.2 Å². The summed E-state index contributed by atoms with van der Waals surface area (Å²) in [7, 11) is 0. The van der Waals surface area contributed by atoms with E-state index in [1.165, 1.54) is 12.1 Å². The first kappa shape index (κ1) is 23.0. The van der Waals surface area contributed by atoms with Gasteiger partial charge in [-0.05, 0) is 66.8 Å². The van der Waals surface area contributed by atoms with Crippen molar-refractivity contribution in [3.63, 3.8) is 0 Å². The van der Waals surface area contributed by atoms with Crippen LogP contribution in [0.1, 0.15) is 52.2 Å². The summed E-state index contributed by atoms with van der Waals surface area (Å²) in [5.74, 6) is -0.579. The van der Waals surface area contributed by atoms with Crippen molar-refractivity contribution < 1.29 is 14.0 Å². The third kappa shape index (κ3) is 4.76. The Morgan fingerprint density at radius 3 is 2.89 bits per heavy atom. The molecule has 5 rings (SSSR count). The molecule has 2 aromatic carbocycles. The standard InChI is InChI=1S/C28H29FN4O2/c1-19-9-10-22(14-25(19)31-16-20-5-4-12-30-15-20)27(35)33-17-24(21-6-2-7-23(29)13-21)28(18-33)11-3-8-26(34)32-28/h2,4-7,9-10,12-15,24,31H,3,8,11,16-18H2,1H3,(H,32,34)/t24-,28+/m0/s1. The zero-order chi connectivity index (χ0) is 24.4. The molecule has 0 unspecified atom stereocenters. The van der Waals surface area contributed by atoms with E-state index in [9.17, 15) is 14.0 Å². The number of carbonyl (C=O) groups excluding carboxylic acids is 2. The molecule has 0 saturated carbocycles. The van der Waals surface area contributed by atoms with Crippen LogP contribution in [0.2, 0.25) is 0 Å². The summed E-state index contributed by atoms with van der Waals surface area (Å²) in [6.07, 6.45) is 5.55. The van der Waals surface area contributed by atoms with Crippen LogP contribution < -0.4 is 10.6 Å². The molecule has 2 aliphatic heterocycles. The lowest BCUT2D eigenvalue weighted by Gasteiger charge is -2.39. The van der Waals surface area contributed by atoms with Gasteiger partial charge >= 0.3 is 0 Å². The molecular weight excluding hydrogens is 443 g/mol. The number of aryl methyl sites for hydroxylation is 1. The molecule has 2 fully saturated rings. The number of nitrogens with zero attached hydrogens (tertiary/aromatic N) is 2. The number of benzene rings is 2. The van der Waals surface area contributed by atoms with Crippen LogP contribution in [0.5, 0.6) is 0 Å². The Balaban J connectivity index is 1.39. The van der Waals surface area contributed by atoms with Crippen LogP contribution in [-0.4, -0.2) is 40.3 Å². The lowest BCUT2D eigenvalue weighted by atomic mass is 9.76. The quantitative estimate of drug-likeness (QED) is 0.577. The molecule has 1 aromatic heterocycles. The summed E-state index contributed by atoms with van der Waals surface area (Å²) in [5, 5.41) is 6.59. The van der Waals surface area contributed by atoms with Crippen LogP contribution in [0.15, 0.2) is 67.0 Å². The molecule has 2 N–H and O–H groups in total. The highest BCUT2D eigenvalue weighted by molar-refractivity contribution is 5.96. The van der Waals surface area contributed by atoms with E-state index in [2.05, 4.69) is 15.6 Å². The molecule has 35 heavy (non-hydrogen) atoms. The van der Waals surface area contributed by atoms with Crippen LogP contribution in [0, 0.1) is 12.7 Å². The second kappa shape index (κ2) is 9.49. The van der Waals surface area contributed by atoms with E-state index in [-0.39, 0.29) is 23.5 Å². The maximum absolute atomic E-state index is 14.1. The number of aromatic nitrogens is 1. The summed E-state index contributed by atoms with van der Waals surface area (Å²) in [4.78, 5) is 32.0. The van der Waals surface area contributed by atoms with Gasteiger partial charge in [0.2, 0.25) is 5.91 Å². The minimum Gasteiger partial charge on any atom is -0.381 e. The highest BCUT2D eigenvalue weighted by Gasteiger charge is 2.50. The number of pyridine rings is 1. The lowest BCUT2D eigenvalue weighted by molar-refractivity contribution is -0.125. The maximum Gasteiger partial charge on any atom is 0.254 e. The second-order valence-corrected chi connectivity index (χ2v) is 9.60. The summed E-state index contributed by atoms with van der Waals surface area (Å²) in [6.45, 7) is 3.44. The van der Waals surface area contributed by atoms with Crippen LogP contribution in [0.4, 0.5) is 10.1 Å². The first-order valence-electron chi connectivity index (χ1n) is 12.0. The molecule has 0 aliphatic carbocycles. The third-order valence-corrected chi connectivity index (χ3v) is 7.19. The monoisotopic (exact) mass is 472 g/mol. The fourth-order valence-corrected chi connectivity index (χ4v) is 5.39. The first-order valence-corrected chi connectivity index (χ1v) is 12.0. The van der Waals surface area contributed by atoms with E-state index in [1.807, 2.05) is 49.5 Å². The van der Waals surface area contributed by atoms with Crippen molar-refractivity contribution in [1.29, 1.82) is 0 Å². The maximum atomic E-state index is 14.1. The van der Waals surface area contributed by atoms with Gasteiger partial charge in [-0.2, -0.15) is 0 Å². The zero-order valence-electron chi connectivity index (χ0n) is 19.8. The van der Waals surface area contributed by atoms with Crippen molar-refractivity contribution in [3.05, 3.63) is 95.1 Å². The summed E-state index contributed by atoms with van der Waals surface area (Å²) >= 11 is 0. The molecule has 2 amide bonds. The van der Waals surface area contributed by atoms with Gasteiger partial charge in [0.1, 0.15) is 5.82 Å². The average molecular weight is 473 g/mol. The van der Waals surface area contributed by atoms with Gasteiger partial charge in [0.15, 0.2) is 0 Å². The third-order valence-electron chi connectivity index (χ3n) is 7.19. The first-order chi connectivity index (χ1) is 16.9. The Hall–Kier alpha value is -3.74. The Labute approximate surface area is 204 Å². The molecule has 180 valence electrons. The second-order valence-electron chi connectivity index (χ2n) is 9.60. The van der Waals surface area contributed by atoms with Crippen LogP contribution >= 0.6 is 0 Å². The Morgan fingerprint density at radius 2 is 2.11 bits per heavy atom. The van der Waals surface area contributed by atoms with Gasteiger partial charge in [0.05, 0.1) is 5.54 Å². The number of likely N-dealkylation sites (tertiary alicyclic amines) is 1. The molecule has 2 atom stereocenters. The van der Waals surface area contributed by atoms with Gasteiger partial charge in [-0.15, -0.1) is 0 Å². The molecule has 1 spiro atoms. The summed E-state index contributed by atoms with van der Waals surface area (Å²) in [5.41, 5.74) is 3.80. The normalized spacial score (nSPS) is 21.7. The predicted octanol–water partition coefficient (Wildman–Crippen LogP) is 4.42. The smallest absolute Gasteiger partial charge is 0.254 e. The molecule has 3 aromatic rings. The fraction of sp³-hybridized carbons (Fsp3) is 0.321. The number of anilines is 1. The van der Waals surface area contributed by atoms with Gasteiger partial charge in [-0.25, -0.2) is 4.39 Å². The fourth-order valence-electron chi connectivity index (χ4n) is 5.39. The van der Waals surface area contributed by atoms with E-state index in [0.29, 0.717) is 31.6 Å². The van der Waals surface area contributed by atoms with E-state index < -0.39 is 5.54 Å². The predicted molar refractivity (Wildman–Crippen MR) is 133 cm³/mol. The number of rotatable bonds is 5. The largest absolute Gasteiger partial charge is 0.381 e. The molecule has 6 nitrogen and oxygen atoms in total. The summed E-state index contributed by atoms with van der Waals surface area (Å²) in [6, 6.07) is 16.1. The highest BCUT2D eigenvalue weighted by atomic mass is 19.1. The van der Waals surface area contributed by atoms with Crippen molar-refractivity contribution in [1.82, 2.24) is 15.2 Å². The molecule has 3 heterocycles. The van der Waals surface area contributed by atoms with Gasteiger partial charge in [0, 0.05) is 55.6 Å².